The first-order valence-electron chi connectivity index (χ1n) is 11.1. The number of rotatable bonds is 4. The van der Waals surface area contributed by atoms with Crippen LogP contribution < -0.4 is 0 Å². The molecule has 5 rings (SSSR count). The van der Waals surface area contributed by atoms with E-state index in [1.165, 1.54) is 10.5 Å². The predicted molar refractivity (Wildman–Crippen MR) is 128 cm³/mol. The SMILES string of the molecule is CN(C)C(=O)c1ccc(-c2ccc(C3(c4nnc5n4CCSC(C)(C)C5)CC3)cc2)cn1. The molecule has 1 aromatic carbocycles. The zero-order valence-corrected chi connectivity index (χ0v) is 19.9. The van der Waals surface area contributed by atoms with Gasteiger partial charge in [-0.05, 0) is 30.0 Å². The Bertz CT molecular complexity index is 1140. The lowest BCUT2D eigenvalue weighted by Gasteiger charge is -2.19. The van der Waals surface area contributed by atoms with Crippen LogP contribution in [0.2, 0.25) is 0 Å². The summed E-state index contributed by atoms with van der Waals surface area (Å²) in [5.74, 6) is 3.26. The molecule has 6 nitrogen and oxygen atoms in total. The minimum atomic E-state index is -0.0863. The molecule has 0 spiro atoms. The summed E-state index contributed by atoms with van der Waals surface area (Å²) < 4.78 is 2.59. The van der Waals surface area contributed by atoms with E-state index in [0.717, 1.165) is 54.3 Å². The van der Waals surface area contributed by atoms with E-state index in [1.54, 1.807) is 26.4 Å². The number of nitrogens with zero attached hydrogens (tertiary/aromatic N) is 5. The highest BCUT2D eigenvalue weighted by atomic mass is 32.2. The van der Waals surface area contributed by atoms with E-state index in [-0.39, 0.29) is 16.1 Å². The molecule has 0 bridgehead atoms. The number of pyridine rings is 1. The van der Waals surface area contributed by atoms with Crippen LogP contribution in [0.4, 0.5) is 0 Å². The topological polar surface area (TPSA) is 63.9 Å². The van der Waals surface area contributed by atoms with Crippen LogP contribution in [-0.4, -0.2) is 55.2 Å². The molecule has 0 radical (unpaired) electrons. The molecule has 32 heavy (non-hydrogen) atoms. The maximum atomic E-state index is 12.1. The Kier molecular flexibility index (Phi) is 5.12. The first kappa shape index (κ1) is 21.2. The number of benzene rings is 1. The predicted octanol–water partition coefficient (Wildman–Crippen LogP) is 4.19. The summed E-state index contributed by atoms with van der Waals surface area (Å²) in [6.07, 6.45) is 4.96. The number of amides is 1. The Morgan fingerprint density at radius 1 is 1.03 bits per heavy atom. The normalized spacial score (nSPS) is 18.5. The Hall–Kier alpha value is -2.67. The molecule has 0 saturated heterocycles. The molecular weight excluding hydrogens is 418 g/mol. The molecule has 2 aromatic heterocycles. The van der Waals surface area contributed by atoms with Gasteiger partial charge in [-0.1, -0.05) is 44.2 Å². The summed E-state index contributed by atoms with van der Waals surface area (Å²) in [5, 5.41) is 9.30. The maximum absolute atomic E-state index is 12.1. The van der Waals surface area contributed by atoms with Crippen LogP contribution in [0, 0.1) is 0 Å². The summed E-state index contributed by atoms with van der Waals surface area (Å²) in [5.41, 5.74) is 3.86. The van der Waals surface area contributed by atoms with Gasteiger partial charge in [-0.3, -0.25) is 9.78 Å². The lowest BCUT2D eigenvalue weighted by atomic mass is 9.93. The first-order chi connectivity index (χ1) is 15.3. The number of hydrogen-bond donors (Lipinski definition) is 0. The molecular formula is C25H29N5OS. The molecule has 0 N–H and O–H groups in total. The van der Waals surface area contributed by atoms with Gasteiger partial charge in [-0.25, -0.2) is 0 Å². The molecule has 1 aliphatic heterocycles. The van der Waals surface area contributed by atoms with Crippen LogP contribution in [0.3, 0.4) is 0 Å². The fourth-order valence-electron chi connectivity index (χ4n) is 4.57. The van der Waals surface area contributed by atoms with Gasteiger partial charge in [0.05, 0.1) is 5.41 Å². The van der Waals surface area contributed by atoms with Crippen molar-refractivity contribution in [3.05, 3.63) is 65.5 Å². The monoisotopic (exact) mass is 447 g/mol. The fourth-order valence-corrected chi connectivity index (χ4v) is 5.63. The molecule has 1 aliphatic carbocycles. The second-order valence-corrected chi connectivity index (χ2v) is 11.5. The molecule has 2 aliphatic rings. The highest BCUT2D eigenvalue weighted by molar-refractivity contribution is 8.00. The molecule has 0 atom stereocenters. The summed E-state index contributed by atoms with van der Waals surface area (Å²) in [7, 11) is 3.47. The molecule has 1 amide bonds. The summed E-state index contributed by atoms with van der Waals surface area (Å²) in [4.78, 5) is 18.0. The van der Waals surface area contributed by atoms with Crippen molar-refractivity contribution < 1.29 is 4.79 Å². The Morgan fingerprint density at radius 2 is 1.75 bits per heavy atom. The lowest BCUT2D eigenvalue weighted by molar-refractivity contribution is 0.0822. The summed E-state index contributed by atoms with van der Waals surface area (Å²) in [6, 6.07) is 12.5. The Labute approximate surface area is 193 Å². The Balaban J connectivity index is 1.40. The van der Waals surface area contributed by atoms with E-state index in [1.807, 2.05) is 17.8 Å². The average molecular weight is 448 g/mol. The minimum absolute atomic E-state index is 0.0107. The molecule has 1 fully saturated rings. The van der Waals surface area contributed by atoms with Gasteiger partial charge in [0.1, 0.15) is 17.3 Å². The molecule has 0 unspecified atom stereocenters. The van der Waals surface area contributed by atoms with E-state index in [2.05, 4.69) is 52.8 Å². The van der Waals surface area contributed by atoms with Crippen LogP contribution in [-0.2, 0) is 18.4 Å². The van der Waals surface area contributed by atoms with Gasteiger partial charge in [-0.15, -0.1) is 10.2 Å². The van der Waals surface area contributed by atoms with Gasteiger partial charge in [0.25, 0.3) is 5.91 Å². The molecule has 166 valence electrons. The van der Waals surface area contributed by atoms with E-state index < -0.39 is 0 Å². The van der Waals surface area contributed by atoms with Crippen LogP contribution in [0.15, 0.2) is 42.6 Å². The van der Waals surface area contributed by atoms with Crippen LogP contribution in [0.5, 0.6) is 0 Å². The van der Waals surface area contributed by atoms with Crippen molar-refractivity contribution in [1.29, 1.82) is 0 Å². The third kappa shape index (κ3) is 3.72. The smallest absolute Gasteiger partial charge is 0.271 e. The van der Waals surface area contributed by atoms with Gasteiger partial charge in [-0.2, -0.15) is 11.8 Å². The lowest BCUT2D eigenvalue weighted by Crippen LogP contribution is -2.22. The number of fused-ring (bicyclic) bond motifs is 1. The van der Waals surface area contributed by atoms with E-state index in [9.17, 15) is 4.79 Å². The zero-order valence-electron chi connectivity index (χ0n) is 19.1. The molecule has 1 saturated carbocycles. The van der Waals surface area contributed by atoms with Crippen LogP contribution >= 0.6 is 11.8 Å². The largest absolute Gasteiger partial charge is 0.343 e. The van der Waals surface area contributed by atoms with Gasteiger partial charge >= 0.3 is 0 Å². The second-order valence-electron chi connectivity index (χ2n) is 9.67. The Morgan fingerprint density at radius 3 is 2.38 bits per heavy atom. The second kappa shape index (κ2) is 7.73. The molecule has 3 aromatic rings. The van der Waals surface area contributed by atoms with Crippen LogP contribution in [0.1, 0.15) is 54.4 Å². The van der Waals surface area contributed by atoms with Crippen molar-refractivity contribution in [1.82, 2.24) is 24.6 Å². The minimum Gasteiger partial charge on any atom is -0.343 e. The highest BCUT2D eigenvalue weighted by Crippen LogP contribution is 2.53. The van der Waals surface area contributed by atoms with Crippen molar-refractivity contribution in [2.75, 3.05) is 19.8 Å². The fraction of sp³-hybridized carbons (Fsp3) is 0.440. The van der Waals surface area contributed by atoms with Gasteiger partial charge in [0.15, 0.2) is 0 Å². The highest BCUT2D eigenvalue weighted by Gasteiger charge is 2.50. The van der Waals surface area contributed by atoms with Crippen molar-refractivity contribution in [3.8, 4) is 11.1 Å². The van der Waals surface area contributed by atoms with Crippen molar-refractivity contribution >= 4 is 17.7 Å². The van der Waals surface area contributed by atoms with E-state index >= 15 is 0 Å². The molecule has 7 heteroatoms. The third-order valence-electron chi connectivity index (χ3n) is 6.56. The maximum Gasteiger partial charge on any atom is 0.271 e. The number of thioether (sulfide) groups is 1. The zero-order chi connectivity index (χ0) is 22.5. The number of hydrogen-bond acceptors (Lipinski definition) is 5. The van der Waals surface area contributed by atoms with Crippen LogP contribution in [0.25, 0.3) is 11.1 Å². The number of carbonyl (C=O) groups is 1. The van der Waals surface area contributed by atoms with E-state index in [0.29, 0.717) is 5.69 Å². The molecule has 3 heterocycles. The van der Waals surface area contributed by atoms with Gasteiger partial charge < -0.3 is 9.47 Å². The van der Waals surface area contributed by atoms with Crippen molar-refractivity contribution in [2.45, 2.75) is 49.8 Å². The summed E-state index contributed by atoms with van der Waals surface area (Å²) in [6.45, 7) is 5.57. The van der Waals surface area contributed by atoms with Gasteiger partial charge in [0.2, 0.25) is 0 Å². The average Bonchev–Trinajstić information content (AvgIpc) is 3.52. The number of carbonyl (C=O) groups excluding carboxylic acids is 1. The van der Waals surface area contributed by atoms with Crippen molar-refractivity contribution in [3.63, 3.8) is 0 Å². The van der Waals surface area contributed by atoms with Gasteiger partial charge in [0, 0.05) is 49.3 Å². The third-order valence-corrected chi connectivity index (χ3v) is 7.87. The first-order valence-corrected chi connectivity index (χ1v) is 12.1. The van der Waals surface area contributed by atoms with E-state index in [4.69, 9.17) is 5.10 Å². The number of aromatic nitrogens is 4. The summed E-state index contributed by atoms with van der Waals surface area (Å²) >= 11 is 2.02. The quantitative estimate of drug-likeness (QED) is 0.600. The van der Waals surface area contributed by atoms with Crippen molar-refractivity contribution in [2.24, 2.45) is 0 Å². The standard InChI is InChI=1S/C25H29N5OS/c1-24(2)15-21-27-28-23(30(21)13-14-32-24)25(11-12-25)19-8-5-17(6-9-19)18-7-10-20(26-16-18)22(31)29(3)4/h5-10,16H,11-15H2,1-4H3.